The summed E-state index contributed by atoms with van der Waals surface area (Å²) in [5.74, 6) is 1.31. The van der Waals surface area contributed by atoms with Crippen molar-refractivity contribution in [3.05, 3.63) is 48.0 Å². The maximum atomic E-state index is 13.2. The van der Waals surface area contributed by atoms with Gasteiger partial charge >= 0.3 is 0 Å². The molecule has 7 heteroatoms. The molecule has 0 unspecified atom stereocenters. The zero-order valence-corrected chi connectivity index (χ0v) is 20.4. The minimum absolute atomic E-state index is 0.0850. The molecule has 3 rings (SSSR count). The number of carbonyl (C=O) groups is 1. The molecule has 3 aromatic rings. The summed E-state index contributed by atoms with van der Waals surface area (Å²) in [6.07, 6.45) is 0. The molecule has 1 amide bonds. The SMILES string of the molecule is CCOc1ccc2nc(N(CCN(CC)CC)C(=O)CSc3ccc(C)cc3)sc2c1. The van der Waals surface area contributed by atoms with Crippen LogP contribution in [-0.4, -0.2) is 54.3 Å². The van der Waals surface area contributed by atoms with Crippen molar-refractivity contribution in [1.82, 2.24) is 9.88 Å². The van der Waals surface area contributed by atoms with Gasteiger partial charge in [0.05, 0.1) is 22.6 Å². The number of thiazole rings is 1. The third-order valence-corrected chi connectivity index (χ3v) is 7.15. The van der Waals surface area contributed by atoms with E-state index in [1.807, 2.05) is 30.0 Å². The number of likely N-dealkylation sites (N-methyl/N-ethyl adjacent to an activating group) is 1. The van der Waals surface area contributed by atoms with Gasteiger partial charge in [0, 0.05) is 18.0 Å². The first-order valence-electron chi connectivity index (χ1n) is 10.8. The Labute approximate surface area is 193 Å². The summed E-state index contributed by atoms with van der Waals surface area (Å²) in [5.41, 5.74) is 2.12. The lowest BCUT2D eigenvalue weighted by Gasteiger charge is -2.24. The first-order chi connectivity index (χ1) is 15.0. The Hall–Kier alpha value is -2.09. The lowest BCUT2D eigenvalue weighted by Crippen LogP contribution is -2.39. The van der Waals surface area contributed by atoms with Crippen molar-refractivity contribution in [1.29, 1.82) is 0 Å². The second-order valence-corrected chi connectivity index (χ2v) is 9.29. The minimum Gasteiger partial charge on any atom is -0.494 e. The monoisotopic (exact) mass is 457 g/mol. The molecule has 0 aliphatic heterocycles. The van der Waals surface area contributed by atoms with Gasteiger partial charge in [-0.05, 0) is 57.3 Å². The van der Waals surface area contributed by atoms with Gasteiger partial charge in [-0.15, -0.1) is 11.8 Å². The lowest BCUT2D eigenvalue weighted by molar-refractivity contribution is -0.116. The molecule has 0 N–H and O–H groups in total. The number of hydrogen-bond acceptors (Lipinski definition) is 6. The van der Waals surface area contributed by atoms with Crippen LogP contribution in [0.1, 0.15) is 26.3 Å². The van der Waals surface area contributed by atoms with Gasteiger partial charge in [-0.3, -0.25) is 9.69 Å². The van der Waals surface area contributed by atoms with E-state index in [9.17, 15) is 4.79 Å². The van der Waals surface area contributed by atoms with Crippen LogP contribution in [0.25, 0.3) is 10.2 Å². The van der Waals surface area contributed by atoms with E-state index in [4.69, 9.17) is 9.72 Å². The van der Waals surface area contributed by atoms with Crippen molar-refractivity contribution in [3.63, 3.8) is 0 Å². The Kier molecular flexibility index (Phi) is 8.75. The van der Waals surface area contributed by atoms with Crippen LogP contribution in [0.3, 0.4) is 0 Å². The molecule has 0 atom stereocenters. The highest BCUT2D eigenvalue weighted by Crippen LogP contribution is 2.32. The van der Waals surface area contributed by atoms with E-state index >= 15 is 0 Å². The number of thioether (sulfide) groups is 1. The summed E-state index contributed by atoms with van der Waals surface area (Å²) < 4.78 is 6.66. The number of nitrogens with zero attached hydrogens (tertiary/aromatic N) is 3. The Morgan fingerprint density at radius 1 is 1.06 bits per heavy atom. The maximum absolute atomic E-state index is 13.2. The van der Waals surface area contributed by atoms with Crippen LogP contribution in [-0.2, 0) is 4.79 Å². The third-order valence-electron chi connectivity index (χ3n) is 5.11. The number of fused-ring (bicyclic) bond motifs is 1. The highest BCUT2D eigenvalue weighted by atomic mass is 32.2. The van der Waals surface area contributed by atoms with Crippen LogP contribution in [0.2, 0.25) is 0 Å². The van der Waals surface area contributed by atoms with Crippen molar-refractivity contribution >= 4 is 44.4 Å². The topological polar surface area (TPSA) is 45.7 Å². The number of rotatable bonds is 11. The van der Waals surface area contributed by atoms with E-state index in [0.717, 1.165) is 45.6 Å². The first kappa shape index (κ1) is 23.6. The molecule has 2 aromatic carbocycles. The predicted octanol–water partition coefficient (Wildman–Crippen LogP) is 5.47. The average molecular weight is 458 g/mol. The zero-order valence-electron chi connectivity index (χ0n) is 18.8. The smallest absolute Gasteiger partial charge is 0.239 e. The molecule has 0 spiro atoms. The molecular weight excluding hydrogens is 426 g/mol. The number of anilines is 1. The van der Waals surface area contributed by atoms with Crippen molar-refractivity contribution in [2.45, 2.75) is 32.6 Å². The highest BCUT2D eigenvalue weighted by Gasteiger charge is 2.21. The van der Waals surface area contributed by atoms with E-state index in [1.54, 1.807) is 23.1 Å². The molecule has 0 aliphatic rings. The normalized spacial score (nSPS) is 11.3. The molecule has 1 aromatic heterocycles. The van der Waals surface area contributed by atoms with Gasteiger partial charge in [-0.1, -0.05) is 42.9 Å². The van der Waals surface area contributed by atoms with E-state index < -0.39 is 0 Å². The number of amides is 1. The molecule has 1 heterocycles. The summed E-state index contributed by atoms with van der Waals surface area (Å²) in [6, 6.07) is 14.2. The molecule has 0 fully saturated rings. The van der Waals surface area contributed by atoms with Gasteiger partial charge in [-0.2, -0.15) is 0 Å². The first-order valence-corrected chi connectivity index (χ1v) is 12.6. The summed E-state index contributed by atoms with van der Waals surface area (Å²) in [6.45, 7) is 12.4. The summed E-state index contributed by atoms with van der Waals surface area (Å²) in [4.78, 5) is 23.3. The molecule has 166 valence electrons. The summed E-state index contributed by atoms with van der Waals surface area (Å²) in [7, 11) is 0. The molecule has 5 nitrogen and oxygen atoms in total. The standard InChI is InChI=1S/C24H31N3O2S2/c1-5-26(6-2)14-15-27(23(28)17-30-20-11-8-18(4)9-12-20)24-25-21-13-10-19(29-7-3)16-22(21)31-24/h8-13,16H,5-7,14-15,17H2,1-4H3. The van der Waals surface area contributed by atoms with Gasteiger partial charge < -0.3 is 9.64 Å². The van der Waals surface area contributed by atoms with E-state index in [1.165, 1.54) is 5.56 Å². The minimum atomic E-state index is 0.0850. The quantitative estimate of drug-likeness (QED) is 0.357. The Morgan fingerprint density at radius 3 is 2.48 bits per heavy atom. The number of carbonyl (C=O) groups excluding carboxylic acids is 1. The largest absolute Gasteiger partial charge is 0.494 e. The van der Waals surface area contributed by atoms with Crippen molar-refractivity contribution in [3.8, 4) is 5.75 Å². The molecule has 0 radical (unpaired) electrons. The molecule has 0 bridgehead atoms. The third kappa shape index (κ3) is 6.45. The predicted molar refractivity (Wildman–Crippen MR) is 133 cm³/mol. The van der Waals surface area contributed by atoms with Gasteiger partial charge in [0.1, 0.15) is 5.75 Å². The fraction of sp³-hybridized carbons (Fsp3) is 0.417. The number of aromatic nitrogens is 1. The van der Waals surface area contributed by atoms with Gasteiger partial charge in [0.15, 0.2) is 5.13 Å². The Balaban J connectivity index is 1.80. The number of benzene rings is 2. The zero-order chi connectivity index (χ0) is 22.2. The maximum Gasteiger partial charge on any atom is 0.239 e. The van der Waals surface area contributed by atoms with E-state index in [-0.39, 0.29) is 5.91 Å². The van der Waals surface area contributed by atoms with Crippen molar-refractivity contribution in [2.75, 3.05) is 43.4 Å². The second-order valence-electron chi connectivity index (χ2n) is 7.23. The van der Waals surface area contributed by atoms with Gasteiger partial charge in [-0.25, -0.2) is 4.98 Å². The fourth-order valence-electron chi connectivity index (χ4n) is 3.23. The second kappa shape index (κ2) is 11.5. The summed E-state index contributed by atoms with van der Waals surface area (Å²) >= 11 is 3.12. The lowest BCUT2D eigenvalue weighted by atomic mass is 10.2. The number of hydrogen-bond donors (Lipinski definition) is 0. The van der Waals surface area contributed by atoms with E-state index in [0.29, 0.717) is 18.9 Å². The van der Waals surface area contributed by atoms with Crippen molar-refractivity contribution in [2.24, 2.45) is 0 Å². The van der Waals surface area contributed by atoms with Crippen molar-refractivity contribution < 1.29 is 9.53 Å². The fourth-order valence-corrected chi connectivity index (χ4v) is 5.04. The van der Waals surface area contributed by atoms with Gasteiger partial charge in [0.25, 0.3) is 0 Å². The van der Waals surface area contributed by atoms with Crippen LogP contribution in [0, 0.1) is 6.92 Å². The molecule has 0 saturated carbocycles. The van der Waals surface area contributed by atoms with Crippen LogP contribution in [0.4, 0.5) is 5.13 Å². The Bertz CT molecular complexity index is 984. The average Bonchev–Trinajstić information content (AvgIpc) is 3.19. The molecule has 0 aliphatic carbocycles. The van der Waals surface area contributed by atoms with Crippen LogP contribution in [0.5, 0.6) is 5.75 Å². The van der Waals surface area contributed by atoms with Crippen LogP contribution < -0.4 is 9.64 Å². The summed E-state index contributed by atoms with van der Waals surface area (Å²) in [5, 5.41) is 0.755. The molecular formula is C24H31N3O2S2. The Morgan fingerprint density at radius 2 is 1.81 bits per heavy atom. The van der Waals surface area contributed by atoms with E-state index in [2.05, 4.69) is 49.9 Å². The highest BCUT2D eigenvalue weighted by molar-refractivity contribution is 8.00. The van der Waals surface area contributed by atoms with Crippen LogP contribution in [0.15, 0.2) is 47.4 Å². The van der Waals surface area contributed by atoms with Gasteiger partial charge in [0.2, 0.25) is 5.91 Å². The molecule has 0 saturated heterocycles. The number of ether oxygens (including phenoxy) is 1. The van der Waals surface area contributed by atoms with Crippen LogP contribution >= 0.6 is 23.1 Å². The number of aryl methyl sites for hydroxylation is 1. The molecule has 31 heavy (non-hydrogen) atoms.